The number of anilines is 1. The zero-order valence-corrected chi connectivity index (χ0v) is 22.3. The van der Waals surface area contributed by atoms with Crippen LogP contribution in [0.1, 0.15) is 51.7 Å². The van der Waals surface area contributed by atoms with Crippen LogP contribution in [0.15, 0.2) is 54.6 Å². The van der Waals surface area contributed by atoms with E-state index in [0.717, 1.165) is 17.5 Å². The van der Waals surface area contributed by atoms with Gasteiger partial charge in [0, 0.05) is 26.1 Å². The third kappa shape index (κ3) is 9.02. The molecule has 2 rings (SSSR count). The van der Waals surface area contributed by atoms with Crippen molar-refractivity contribution >= 4 is 27.5 Å². The Morgan fingerprint density at radius 1 is 0.943 bits per heavy atom. The van der Waals surface area contributed by atoms with Crippen molar-refractivity contribution in [3.05, 3.63) is 65.7 Å². The summed E-state index contributed by atoms with van der Waals surface area (Å²) in [5, 5.41) is 2.91. The number of hydrogen-bond donors (Lipinski definition) is 1. The second-order valence-electron chi connectivity index (χ2n) is 9.28. The lowest BCUT2D eigenvalue weighted by molar-refractivity contribution is -0.140. The molecule has 0 aliphatic carbocycles. The van der Waals surface area contributed by atoms with E-state index < -0.39 is 16.1 Å². The molecule has 1 N–H and O–H groups in total. The van der Waals surface area contributed by atoms with Crippen LogP contribution in [0.3, 0.4) is 0 Å². The van der Waals surface area contributed by atoms with Crippen molar-refractivity contribution in [1.29, 1.82) is 0 Å². The van der Waals surface area contributed by atoms with Crippen LogP contribution in [0.5, 0.6) is 0 Å². The number of nitrogens with zero attached hydrogens (tertiary/aromatic N) is 2. The molecule has 0 fully saturated rings. The zero-order valence-electron chi connectivity index (χ0n) is 21.5. The van der Waals surface area contributed by atoms with Crippen LogP contribution in [0.2, 0.25) is 0 Å². The highest BCUT2D eigenvalue weighted by atomic mass is 32.2. The third-order valence-electron chi connectivity index (χ3n) is 5.83. The maximum Gasteiger partial charge on any atom is 0.242 e. The Morgan fingerprint density at radius 3 is 2.11 bits per heavy atom. The number of benzene rings is 2. The van der Waals surface area contributed by atoms with Gasteiger partial charge in [0.25, 0.3) is 0 Å². The molecule has 7 nitrogen and oxygen atoms in total. The molecule has 0 aromatic heterocycles. The molecule has 1 atom stereocenters. The van der Waals surface area contributed by atoms with Gasteiger partial charge in [0.2, 0.25) is 21.8 Å². The van der Waals surface area contributed by atoms with Crippen molar-refractivity contribution in [3.63, 3.8) is 0 Å². The van der Waals surface area contributed by atoms with E-state index in [-0.39, 0.29) is 24.8 Å². The first-order chi connectivity index (χ1) is 16.5. The number of aryl methyl sites for hydroxylation is 1. The highest BCUT2D eigenvalue weighted by molar-refractivity contribution is 7.92. The molecule has 0 saturated heterocycles. The smallest absolute Gasteiger partial charge is 0.242 e. The number of rotatable bonds is 13. The molecule has 0 bridgehead atoms. The highest BCUT2D eigenvalue weighted by Gasteiger charge is 2.26. The van der Waals surface area contributed by atoms with E-state index in [2.05, 4.69) is 5.32 Å². The van der Waals surface area contributed by atoms with Gasteiger partial charge < -0.3 is 10.2 Å². The van der Waals surface area contributed by atoms with Gasteiger partial charge in [-0.15, -0.1) is 0 Å². The van der Waals surface area contributed by atoms with Gasteiger partial charge in [0.05, 0.1) is 11.9 Å². The minimum Gasteiger partial charge on any atom is -0.354 e. The number of nitrogens with one attached hydrogen (secondary N) is 1. The summed E-state index contributed by atoms with van der Waals surface area (Å²) in [5.74, 6) is -0.0783. The number of carbonyl (C=O) groups excluding carboxylic acids is 2. The maximum atomic E-state index is 13.3. The van der Waals surface area contributed by atoms with Gasteiger partial charge in [0.1, 0.15) is 6.04 Å². The Balaban J connectivity index is 2.12. The quantitative estimate of drug-likeness (QED) is 0.450. The van der Waals surface area contributed by atoms with E-state index in [1.165, 1.54) is 10.6 Å². The Bertz CT molecular complexity index is 1050. The molecule has 0 aliphatic rings. The first kappa shape index (κ1) is 28.4. The van der Waals surface area contributed by atoms with Crippen LogP contribution in [0.25, 0.3) is 0 Å². The molecule has 192 valence electrons. The van der Waals surface area contributed by atoms with Crippen LogP contribution in [-0.2, 0) is 32.6 Å². The normalized spacial score (nSPS) is 12.3. The highest BCUT2D eigenvalue weighted by Crippen LogP contribution is 2.20. The van der Waals surface area contributed by atoms with Crippen LogP contribution < -0.4 is 9.62 Å². The lowest BCUT2D eigenvalue weighted by Gasteiger charge is -2.29. The summed E-state index contributed by atoms with van der Waals surface area (Å²) in [6, 6.07) is 16.3. The summed E-state index contributed by atoms with van der Waals surface area (Å²) < 4.78 is 26.2. The first-order valence-electron chi connectivity index (χ1n) is 12.2. The third-order valence-corrected chi connectivity index (χ3v) is 7.03. The summed E-state index contributed by atoms with van der Waals surface area (Å²) in [6.07, 6.45) is 2.51. The minimum absolute atomic E-state index is 0.133. The van der Waals surface area contributed by atoms with Gasteiger partial charge in [-0.05, 0) is 48.9 Å². The Labute approximate surface area is 210 Å². The summed E-state index contributed by atoms with van der Waals surface area (Å²) in [7, 11) is -3.51. The van der Waals surface area contributed by atoms with Crippen LogP contribution in [0.4, 0.5) is 5.69 Å². The molecule has 2 amide bonds. The molecule has 0 unspecified atom stereocenters. The number of carbonyl (C=O) groups is 2. The largest absolute Gasteiger partial charge is 0.354 e. The predicted octanol–water partition coefficient (Wildman–Crippen LogP) is 3.98. The fourth-order valence-corrected chi connectivity index (χ4v) is 4.68. The topological polar surface area (TPSA) is 86.8 Å². The van der Waals surface area contributed by atoms with Crippen molar-refractivity contribution in [2.45, 2.75) is 59.5 Å². The molecule has 0 spiro atoms. The second-order valence-corrected chi connectivity index (χ2v) is 11.2. The van der Waals surface area contributed by atoms with Crippen LogP contribution >= 0.6 is 0 Å². The molecule has 8 heteroatoms. The molecular formula is C27H39N3O4S. The molecule has 0 saturated carbocycles. The van der Waals surface area contributed by atoms with Crippen LogP contribution in [0, 0.1) is 5.92 Å². The van der Waals surface area contributed by atoms with Gasteiger partial charge in [-0.25, -0.2) is 8.42 Å². The van der Waals surface area contributed by atoms with E-state index >= 15 is 0 Å². The fraction of sp³-hybridized carbons (Fsp3) is 0.481. The Morgan fingerprint density at radius 2 is 1.57 bits per heavy atom. The van der Waals surface area contributed by atoms with Gasteiger partial charge in [0.15, 0.2) is 0 Å². The van der Waals surface area contributed by atoms with E-state index in [1.807, 2.05) is 63.2 Å². The molecule has 0 radical (unpaired) electrons. The molecule has 0 aliphatic heterocycles. The van der Waals surface area contributed by atoms with Gasteiger partial charge in [-0.1, -0.05) is 63.2 Å². The molecular weight excluding hydrogens is 462 g/mol. The van der Waals surface area contributed by atoms with E-state index in [9.17, 15) is 18.0 Å². The number of amides is 2. The average Bonchev–Trinajstić information content (AvgIpc) is 2.83. The number of sulfonamides is 1. The fourth-order valence-electron chi connectivity index (χ4n) is 3.72. The molecule has 0 heterocycles. The lowest BCUT2D eigenvalue weighted by atomic mass is 10.1. The molecule has 2 aromatic carbocycles. The van der Waals surface area contributed by atoms with Gasteiger partial charge >= 0.3 is 0 Å². The maximum absolute atomic E-state index is 13.3. The Hall–Kier alpha value is -2.87. The van der Waals surface area contributed by atoms with Crippen LogP contribution in [-0.4, -0.2) is 50.5 Å². The standard InChI is InChI=1S/C27H39N3O4S/c1-6-23-14-16-25(17-15-23)30(35(5,33)34)18-10-13-26(31)29(20-24-11-8-7-9-12-24)22(4)27(32)28-19-21(2)3/h7-9,11-12,14-17,21-22H,6,10,13,18-20H2,1-5H3,(H,28,32)/t22-/m1/s1. The van der Waals surface area contributed by atoms with Crippen molar-refractivity contribution in [2.24, 2.45) is 5.92 Å². The van der Waals surface area contributed by atoms with Crippen molar-refractivity contribution in [1.82, 2.24) is 10.2 Å². The lowest BCUT2D eigenvalue weighted by Crippen LogP contribution is -2.48. The SMILES string of the molecule is CCc1ccc(N(CCCC(=O)N(Cc2ccccc2)[C@H](C)C(=O)NCC(C)C)S(C)(=O)=O)cc1. The van der Waals surface area contributed by atoms with Crippen molar-refractivity contribution < 1.29 is 18.0 Å². The summed E-state index contributed by atoms with van der Waals surface area (Å²) in [6.45, 7) is 8.83. The molecule has 2 aromatic rings. The van der Waals surface area contributed by atoms with Gasteiger partial charge in [-0.2, -0.15) is 0 Å². The van der Waals surface area contributed by atoms with E-state index in [1.54, 1.807) is 24.0 Å². The van der Waals surface area contributed by atoms with E-state index in [4.69, 9.17) is 0 Å². The summed E-state index contributed by atoms with van der Waals surface area (Å²) >= 11 is 0. The summed E-state index contributed by atoms with van der Waals surface area (Å²) in [5.41, 5.74) is 2.64. The second kappa shape index (κ2) is 13.3. The molecule has 35 heavy (non-hydrogen) atoms. The predicted molar refractivity (Wildman–Crippen MR) is 142 cm³/mol. The average molecular weight is 502 g/mol. The number of hydrogen-bond acceptors (Lipinski definition) is 4. The Kier molecular flexibility index (Phi) is 10.8. The summed E-state index contributed by atoms with van der Waals surface area (Å²) in [4.78, 5) is 27.6. The van der Waals surface area contributed by atoms with Gasteiger partial charge in [-0.3, -0.25) is 13.9 Å². The monoisotopic (exact) mass is 501 g/mol. The zero-order chi connectivity index (χ0) is 26.0. The van der Waals surface area contributed by atoms with Crippen molar-refractivity contribution in [3.8, 4) is 0 Å². The minimum atomic E-state index is -3.51. The first-order valence-corrected chi connectivity index (χ1v) is 14.1. The van der Waals surface area contributed by atoms with E-state index in [0.29, 0.717) is 31.1 Å². The van der Waals surface area contributed by atoms with Crippen molar-refractivity contribution in [2.75, 3.05) is 23.7 Å².